The van der Waals surface area contributed by atoms with Crippen LogP contribution in [0.1, 0.15) is 64.0 Å². The van der Waals surface area contributed by atoms with E-state index in [-0.39, 0.29) is 11.9 Å². The van der Waals surface area contributed by atoms with Crippen molar-refractivity contribution < 1.29 is 9.53 Å². The fourth-order valence-electron chi connectivity index (χ4n) is 3.62. The van der Waals surface area contributed by atoms with E-state index in [4.69, 9.17) is 4.74 Å². The molecule has 0 aliphatic carbocycles. The summed E-state index contributed by atoms with van der Waals surface area (Å²) >= 11 is 0. The molecule has 0 radical (unpaired) electrons. The Labute approximate surface area is 193 Å². The molecule has 0 spiro atoms. The van der Waals surface area contributed by atoms with Crippen molar-refractivity contribution in [3.63, 3.8) is 0 Å². The Morgan fingerprint density at radius 3 is 2.56 bits per heavy atom. The minimum atomic E-state index is -0.0362. The number of aromatic nitrogens is 1. The van der Waals surface area contributed by atoms with Gasteiger partial charge in [-0.2, -0.15) is 0 Å². The van der Waals surface area contributed by atoms with Crippen molar-refractivity contribution in [2.45, 2.75) is 65.3 Å². The van der Waals surface area contributed by atoms with Crippen LogP contribution in [0.3, 0.4) is 0 Å². The van der Waals surface area contributed by atoms with Crippen LogP contribution in [0.5, 0.6) is 5.75 Å². The number of pyridine rings is 1. The summed E-state index contributed by atoms with van der Waals surface area (Å²) in [5, 5.41) is 3.19. The number of aryl methyl sites for hydroxylation is 1. The molecule has 0 saturated carbocycles. The minimum Gasteiger partial charge on any atom is -0.497 e. The Morgan fingerprint density at radius 1 is 1.16 bits per heavy atom. The van der Waals surface area contributed by atoms with E-state index in [0.717, 1.165) is 44.3 Å². The van der Waals surface area contributed by atoms with Crippen LogP contribution in [0.2, 0.25) is 0 Å². The minimum absolute atomic E-state index is 0.0362. The van der Waals surface area contributed by atoms with E-state index >= 15 is 0 Å². The number of allylic oxidation sites excluding steroid dienone is 3. The molecule has 0 fully saturated rings. The van der Waals surface area contributed by atoms with Crippen LogP contribution in [-0.4, -0.2) is 24.0 Å². The van der Waals surface area contributed by atoms with Gasteiger partial charge in [0.25, 0.3) is 0 Å². The van der Waals surface area contributed by atoms with Crippen molar-refractivity contribution in [2.75, 3.05) is 7.11 Å². The third-order valence-corrected chi connectivity index (χ3v) is 5.64. The normalized spacial score (nSPS) is 12.8. The molecular formula is C28H38N2O2. The molecule has 1 atom stereocenters. The highest BCUT2D eigenvalue weighted by atomic mass is 16.5. The van der Waals surface area contributed by atoms with E-state index in [2.05, 4.69) is 55.3 Å². The van der Waals surface area contributed by atoms with E-state index in [9.17, 15) is 4.79 Å². The zero-order valence-electron chi connectivity index (χ0n) is 20.0. The molecule has 1 heterocycles. The van der Waals surface area contributed by atoms with Crippen molar-refractivity contribution in [2.24, 2.45) is 5.92 Å². The second-order valence-electron chi connectivity index (χ2n) is 8.50. The maximum Gasteiger partial charge on any atom is 0.244 e. The number of nitrogens with one attached hydrogen (secondary N) is 1. The summed E-state index contributed by atoms with van der Waals surface area (Å²) in [6.07, 6.45) is 15.5. The van der Waals surface area contributed by atoms with Crippen LogP contribution in [0.15, 0.2) is 67.0 Å². The van der Waals surface area contributed by atoms with Gasteiger partial charge in [-0.05, 0) is 72.9 Å². The molecule has 0 aliphatic rings. The SMILES string of the molecule is CCCC/C(=C\C=C\C(=O)N[C@H](CCCc1cccnc1)C(C)C)c1ccc(OC)cc1. The lowest BCUT2D eigenvalue weighted by molar-refractivity contribution is -0.117. The zero-order chi connectivity index (χ0) is 23.2. The molecule has 2 aromatic rings. The quantitative estimate of drug-likeness (QED) is 0.294. The van der Waals surface area contributed by atoms with Gasteiger partial charge in [0.2, 0.25) is 5.91 Å². The summed E-state index contributed by atoms with van der Waals surface area (Å²) in [6, 6.07) is 12.3. The van der Waals surface area contributed by atoms with Crippen molar-refractivity contribution in [1.29, 1.82) is 0 Å². The van der Waals surface area contributed by atoms with Crippen LogP contribution in [0.4, 0.5) is 0 Å². The van der Waals surface area contributed by atoms with Gasteiger partial charge in [-0.15, -0.1) is 0 Å². The summed E-state index contributed by atoms with van der Waals surface area (Å²) in [6.45, 7) is 6.51. The lowest BCUT2D eigenvalue weighted by Gasteiger charge is -2.21. The number of methoxy groups -OCH3 is 1. The number of hydrogen-bond acceptors (Lipinski definition) is 3. The number of benzene rings is 1. The third-order valence-electron chi connectivity index (χ3n) is 5.64. The predicted molar refractivity (Wildman–Crippen MR) is 134 cm³/mol. The Kier molecular flexibility index (Phi) is 11.3. The number of rotatable bonds is 13. The van der Waals surface area contributed by atoms with Gasteiger partial charge in [0, 0.05) is 24.5 Å². The van der Waals surface area contributed by atoms with E-state index in [0.29, 0.717) is 5.92 Å². The number of hydrogen-bond donors (Lipinski definition) is 1. The van der Waals surface area contributed by atoms with Gasteiger partial charge < -0.3 is 10.1 Å². The molecule has 0 saturated heterocycles. The van der Waals surface area contributed by atoms with E-state index in [1.807, 2.05) is 30.5 Å². The van der Waals surface area contributed by atoms with E-state index < -0.39 is 0 Å². The van der Waals surface area contributed by atoms with Gasteiger partial charge >= 0.3 is 0 Å². The fraction of sp³-hybridized carbons (Fsp3) is 0.429. The summed E-state index contributed by atoms with van der Waals surface area (Å²) in [4.78, 5) is 16.7. The second kappa shape index (κ2) is 14.2. The van der Waals surface area contributed by atoms with Crippen molar-refractivity contribution in [3.8, 4) is 5.75 Å². The molecule has 1 aromatic carbocycles. The Hall–Kier alpha value is -2.88. The maximum absolute atomic E-state index is 12.6. The molecular weight excluding hydrogens is 396 g/mol. The van der Waals surface area contributed by atoms with E-state index in [1.54, 1.807) is 19.4 Å². The molecule has 172 valence electrons. The van der Waals surface area contributed by atoms with Gasteiger partial charge in [-0.1, -0.05) is 57.5 Å². The van der Waals surface area contributed by atoms with Gasteiger partial charge in [0.05, 0.1) is 7.11 Å². The fourth-order valence-corrected chi connectivity index (χ4v) is 3.62. The number of unbranched alkanes of at least 4 members (excludes halogenated alkanes) is 1. The number of ether oxygens (including phenoxy) is 1. The van der Waals surface area contributed by atoms with Crippen LogP contribution in [-0.2, 0) is 11.2 Å². The van der Waals surface area contributed by atoms with Crippen molar-refractivity contribution >= 4 is 11.5 Å². The lowest BCUT2D eigenvalue weighted by Crippen LogP contribution is -2.37. The molecule has 1 N–H and O–H groups in total. The zero-order valence-corrected chi connectivity index (χ0v) is 20.0. The molecule has 0 bridgehead atoms. The van der Waals surface area contributed by atoms with Gasteiger partial charge in [-0.25, -0.2) is 0 Å². The van der Waals surface area contributed by atoms with Crippen molar-refractivity contribution in [1.82, 2.24) is 10.3 Å². The number of carbonyl (C=O) groups is 1. The molecule has 0 unspecified atom stereocenters. The average Bonchev–Trinajstić information content (AvgIpc) is 2.81. The maximum atomic E-state index is 12.6. The predicted octanol–water partition coefficient (Wildman–Crippen LogP) is 6.38. The summed E-state index contributed by atoms with van der Waals surface area (Å²) in [7, 11) is 1.67. The molecule has 1 amide bonds. The van der Waals surface area contributed by atoms with E-state index in [1.165, 1.54) is 16.7 Å². The smallest absolute Gasteiger partial charge is 0.244 e. The highest BCUT2D eigenvalue weighted by Crippen LogP contribution is 2.23. The van der Waals surface area contributed by atoms with Gasteiger partial charge in [0.15, 0.2) is 0 Å². The number of amides is 1. The number of carbonyl (C=O) groups excluding carboxylic acids is 1. The highest BCUT2D eigenvalue weighted by molar-refractivity contribution is 5.88. The first-order chi connectivity index (χ1) is 15.5. The first-order valence-electron chi connectivity index (χ1n) is 11.7. The number of nitrogens with zero attached hydrogens (tertiary/aromatic N) is 1. The molecule has 1 aromatic heterocycles. The van der Waals surface area contributed by atoms with Crippen LogP contribution >= 0.6 is 0 Å². The largest absolute Gasteiger partial charge is 0.497 e. The summed E-state index contributed by atoms with van der Waals surface area (Å²) in [5.74, 6) is 1.20. The first-order valence-corrected chi connectivity index (χ1v) is 11.7. The first kappa shape index (κ1) is 25.4. The molecule has 32 heavy (non-hydrogen) atoms. The molecule has 0 aliphatic heterocycles. The van der Waals surface area contributed by atoms with Crippen LogP contribution < -0.4 is 10.1 Å². The van der Waals surface area contributed by atoms with Crippen molar-refractivity contribution in [3.05, 3.63) is 78.1 Å². The highest BCUT2D eigenvalue weighted by Gasteiger charge is 2.14. The van der Waals surface area contributed by atoms with Crippen LogP contribution in [0.25, 0.3) is 5.57 Å². The Balaban J connectivity index is 1.94. The summed E-state index contributed by atoms with van der Waals surface area (Å²) < 4.78 is 5.26. The summed E-state index contributed by atoms with van der Waals surface area (Å²) in [5.41, 5.74) is 3.64. The molecule has 4 nitrogen and oxygen atoms in total. The van der Waals surface area contributed by atoms with Crippen LogP contribution in [0, 0.1) is 5.92 Å². The van der Waals surface area contributed by atoms with Gasteiger partial charge in [-0.3, -0.25) is 9.78 Å². The molecule has 4 heteroatoms. The topological polar surface area (TPSA) is 51.2 Å². The lowest BCUT2D eigenvalue weighted by atomic mass is 9.97. The average molecular weight is 435 g/mol. The van der Waals surface area contributed by atoms with Gasteiger partial charge in [0.1, 0.15) is 5.75 Å². The third kappa shape index (κ3) is 9.09. The second-order valence-corrected chi connectivity index (χ2v) is 8.50. The Morgan fingerprint density at radius 2 is 1.94 bits per heavy atom. The standard InChI is InChI=1S/C28H38N2O2/c1-5-6-12-24(25-16-18-26(32-4)19-17-25)13-8-15-28(31)30-27(22(2)3)14-7-10-23-11-9-20-29-21-23/h8-9,11,13,15-22,27H,5-7,10,12,14H2,1-4H3,(H,30,31)/b15-8+,24-13+/t27-/m1/s1. The monoisotopic (exact) mass is 434 g/mol. The Bertz CT molecular complexity index is 855. The molecule has 2 rings (SSSR count).